The average Bonchev–Trinajstić information content (AvgIpc) is 2.66. The lowest BCUT2D eigenvalue weighted by molar-refractivity contribution is 0.133. The zero-order chi connectivity index (χ0) is 12.6. The van der Waals surface area contributed by atoms with Crippen LogP contribution in [0.2, 0.25) is 0 Å². The molecule has 1 unspecified atom stereocenters. The molecule has 2 rings (SSSR count). The SMILES string of the molecule is O=C(NC1CCCCCN1)OCc1ccccc1. The van der Waals surface area contributed by atoms with Gasteiger partial charge in [0.05, 0.1) is 6.17 Å². The van der Waals surface area contributed by atoms with Gasteiger partial charge in [-0.2, -0.15) is 0 Å². The molecule has 0 bridgehead atoms. The molecule has 1 heterocycles. The molecule has 0 saturated carbocycles. The lowest BCUT2D eigenvalue weighted by atomic mass is 10.2. The van der Waals surface area contributed by atoms with Crippen LogP contribution in [0, 0.1) is 0 Å². The Kier molecular flexibility index (Phi) is 5.02. The predicted molar refractivity (Wildman–Crippen MR) is 70.0 cm³/mol. The number of hydrogen-bond donors (Lipinski definition) is 2. The standard InChI is InChI=1S/C14H20N2O2/c17-14(16-13-9-5-2-6-10-15-13)18-11-12-7-3-1-4-8-12/h1,3-4,7-8,13,15H,2,5-6,9-11H2,(H,16,17). The van der Waals surface area contributed by atoms with E-state index >= 15 is 0 Å². The third-order valence-corrected chi connectivity index (χ3v) is 3.07. The number of hydrogen-bond acceptors (Lipinski definition) is 3. The van der Waals surface area contributed by atoms with Crippen LogP contribution < -0.4 is 10.6 Å². The Morgan fingerprint density at radius 1 is 1.28 bits per heavy atom. The predicted octanol–water partition coefficient (Wildman–Crippen LogP) is 2.40. The van der Waals surface area contributed by atoms with Crippen molar-refractivity contribution in [2.45, 2.75) is 38.5 Å². The Hall–Kier alpha value is -1.55. The number of amides is 1. The number of rotatable bonds is 3. The summed E-state index contributed by atoms with van der Waals surface area (Å²) in [6.45, 7) is 1.28. The average molecular weight is 248 g/mol. The summed E-state index contributed by atoms with van der Waals surface area (Å²) in [5, 5.41) is 6.16. The Morgan fingerprint density at radius 2 is 2.11 bits per heavy atom. The molecule has 0 aromatic heterocycles. The summed E-state index contributed by atoms with van der Waals surface area (Å²) < 4.78 is 5.18. The Bertz CT molecular complexity index is 359. The van der Waals surface area contributed by atoms with Crippen molar-refractivity contribution in [1.29, 1.82) is 0 Å². The maximum absolute atomic E-state index is 11.6. The van der Waals surface area contributed by atoms with Crippen LogP contribution in [-0.2, 0) is 11.3 Å². The van der Waals surface area contributed by atoms with Gasteiger partial charge in [-0.3, -0.25) is 5.32 Å². The molecule has 0 spiro atoms. The van der Waals surface area contributed by atoms with Gasteiger partial charge in [0.2, 0.25) is 0 Å². The van der Waals surface area contributed by atoms with Crippen LogP contribution in [0.1, 0.15) is 31.2 Å². The van der Waals surface area contributed by atoms with E-state index in [1.807, 2.05) is 30.3 Å². The molecule has 4 nitrogen and oxygen atoms in total. The number of nitrogens with one attached hydrogen (secondary N) is 2. The molecule has 1 fully saturated rings. The van der Waals surface area contributed by atoms with Gasteiger partial charge in [0.25, 0.3) is 0 Å². The fourth-order valence-corrected chi connectivity index (χ4v) is 2.06. The van der Waals surface area contributed by atoms with Gasteiger partial charge in [-0.25, -0.2) is 4.79 Å². The molecule has 1 aliphatic heterocycles. The van der Waals surface area contributed by atoms with Crippen molar-refractivity contribution in [3.05, 3.63) is 35.9 Å². The lowest BCUT2D eigenvalue weighted by Crippen LogP contribution is -2.44. The molecule has 2 N–H and O–H groups in total. The summed E-state index contributed by atoms with van der Waals surface area (Å²) in [7, 11) is 0. The van der Waals surface area contributed by atoms with Crippen LogP contribution in [0.3, 0.4) is 0 Å². The number of carbonyl (C=O) groups is 1. The number of ether oxygens (including phenoxy) is 1. The molecule has 1 aliphatic rings. The highest BCUT2D eigenvalue weighted by molar-refractivity contribution is 5.67. The topological polar surface area (TPSA) is 50.4 Å². The van der Waals surface area contributed by atoms with E-state index in [0.29, 0.717) is 6.61 Å². The monoisotopic (exact) mass is 248 g/mol. The number of benzene rings is 1. The summed E-state index contributed by atoms with van der Waals surface area (Å²) in [5.74, 6) is 0. The zero-order valence-electron chi connectivity index (χ0n) is 10.5. The van der Waals surface area contributed by atoms with Crippen LogP contribution in [0.15, 0.2) is 30.3 Å². The number of alkyl carbamates (subject to hydrolysis) is 1. The van der Waals surface area contributed by atoms with E-state index in [1.54, 1.807) is 0 Å². The molecule has 1 atom stereocenters. The molecule has 0 aliphatic carbocycles. The van der Waals surface area contributed by atoms with Gasteiger partial charge in [-0.05, 0) is 24.9 Å². The maximum atomic E-state index is 11.6. The summed E-state index contributed by atoms with van der Waals surface area (Å²) in [6.07, 6.45) is 4.23. The van der Waals surface area contributed by atoms with Crippen molar-refractivity contribution >= 4 is 6.09 Å². The van der Waals surface area contributed by atoms with E-state index < -0.39 is 0 Å². The highest BCUT2D eigenvalue weighted by atomic mass is 16.5. The lowest BCUT2D eigenvalue weighted by Gasteiger charge is -2.17. The van der Waals surface area contributed by atoms with E-state index in [2.05, 4.69) is 10.6 Å². The smallest absolute Gasteiger partial charge is 0.408 e. The molecule has 1 aromatic carbocycles. The van der Waals surface area contributed by atoms with E-state index in [9.17, 15) is 4.79 Å². The van der Waals surface area contributed by atoms with Gasteiger partial charge in [-0.15, -0.1) is 0 Å². The van der Waals surface area contributed by atoms with E-state index in [-0.39, 0.29) is 12.3 Å². The Balaban J connectivity index is 1.71. The van der Waals surface area contributed by atoms with Crippen LogP contribution in [0.5, 0.6) is 0 Å². The molecule has 1 aromatic rings. The summed E-state index contributed by atoms with van der Waals surface area (Å²) in [5.41, 5.74) is 1.00. The summed E-state index contributed by atoms with van der Waals surface area (Å²) >= 11 is 0. The van der Waals surface area contributed by atoms with Gasteiger partial charge < -0.3 is 10.1 Å². The van der Waals surface area contributed by atoms with Gasteiger partial charge >= 0.3 is 6.09 Å². The molecule has 0 radical (unpaired) electrons. The second-order valence-corrected chi connectivity index (χ2v) is 4.56. The third-order valence-electron chi connectivity index (χ3n) is 3.07. The zero-order valence-corrected chi connectivity index (χ0v) is 10.5. The fraction of sp³-hybridized carbons (Fsp3) is 0.500. The molecule has 98 valence electrons. The van der Waals surface area contributed by atoms with Crippen LogP contribution in [-0.4, -0.2) is 18.8 Å². The molecule has 18 heavy (non-hydrogen) atoms. The van der Waals surface area contributed by atoms with Crippen molar-refractivity contribution in [2.24, 2.45) is 0 Å². The van der Waals surface area contributed by atoms with Crippen molar-refractivity contribution in [2.75, 3.05) is 6.54 Å². The molecular weight excluding hydrogens is 228 g/mol. The first-order valence-corrected chi connectivity index (χ1v) is 6.55. The molecule has 1 saturated heterocycles. The van der Waals surface area contributed by atoms with Crippen molar-refractivity contribution in [3.8, 4) is 0 Å². The molecule has 1 amide bonds. The normalized spacial score (nSPS) is 19.9. The highest BCUT2D eigenvalue weighted by Crippen LogP contribution is 2.07. The van der Waals surface area contributed by atoms with Gasteiger partial charge in [-0.1, -0.05) is 43.2 Å². The first-order valence-electron chi connectivity index (χ1n) is 6.55. The van der Waals surface area contributed by atoms with Gasteiger partial charge in [0.15, 0.2) is 0 Å². The minimum atomic E-state index is -0.349. The third kappa shape index (κ3) is 4.37. The maximum Gasteiger partial charge on any atom is 0.408 e. The van der Waals surface area contributed by atoms with Crippen molar-refractivity contribution in [3.63, 3.8) is 0 Å². The number of carbonyl (C=O) groups excluding carboxylic acids is 1. The highest BCUT2D eigenvalue weighted by Gasteiger charge is 2.14. The minimum absolute atomic E-state index is 0.0516. The van der Waals surface area contributed by atoms with Crippen LogP contribution in [0.4, 0.5) is 4.79 Å². The minimum Gasteiger partial charge on any atom is -0.445 e. The first-order chi connectivity index (χ1) is 8.84. The largest absolute Gasteiger partial charge is 0.445 e. The fourth-order valence-electron chi connectivity index (χ4n) is 2.06. The van der Waals surface area contributed by atoms with Gasteiger partial charge in [0, 0.05) is 0 Å². The van der Waals surface area contributed by atoms with E-state index in [4.69, 9.17) is 4.74 Å². The first kappa shape index (κ1) is 12.9. The second-order valence-electron chi connectivity index (χ2n) is 4.56. The summed E-state index contributed by atoms with van der Waals surface area (Å²) in [4.78, 5) is 11.6. The quantitative estimate of drug-likeness (QED) is 0.863. The van der Waals surface area contributed by atoms with E-state index in [1.165, 1.54) is 12.8 Å². The molecule has 4 heteroatoms. The van der Waals surface area contributed by atoms with E-state index in [0.717, 1.165) is 24.9 Å². The molecular formula is C14H20N2O2. The van der Waals surface area contributed by atoms with Crippen LogP contribution in [0.25, 0.3) is 0 Å². The summed E-state index contributed by atoms with van der Waals surface area (Å²) in [6, 6.07) is 9.69. The Morgan fingerprint density at radius 3 is 2.94 bits per heavy atom. The Labute approximate surface area is 108 Å². The van der Waals surface area contributed by atoms with Gasteiger partial charge in [0.1, 0.15) is 6.61 Å². The van der Waals surface area contributed by atoms with Crippen molar-refractivity contribution in [1.82, 2.24) is 10.6 Å². The van der Waals surface area contributed by atoms with Crippen LogP contribution >= 0.6 is 0 Å². The second kappa shape index (κ2) is 7.01. The van der Waals surface area contributed by atoms with Crippen molar-refractivity contribution < 1.29 is 9.53 Å².